The van der Waals surface area contributed by atoms with Crippen molar-refractivity contribution in [2.75, 3.05) is 11.5 Å². The molecule has 0 radical (unpaired) electrons. The topological polar surface area (TPSA) is 55.8 Å². The molecule has 2 saturated heterocycles. The minimum Gasteiger partial charge on any atom is -0.466 e. The van der Waals surface area contributed by atoms with E-state index in [2.05, 4.69) is 6.58 Å². The molecule has 3 aliphatic heterocycles. The number of hydrogen-bond acceptors (Lipinski definition) is 4. The number of halogens is 1. The second-order valence-electron chi connectivity index (χ2n) is 6.78. The van der Waals surface area contributed by atoms with E-state index in [1.807, 2.05) is 24.3 Å². The van der Waals surface area contributed by atoms with Gasteiger partial charge in [-0.1, -0.05) is 29.8 Å². The van der Waals surface area contributed by atoms with E-state index in [1.165, 1.54) is 0 Å². The van der Waals surface area contributed by atoms with Crippen LogP contribution in [0.3, 0.4) is 0 Å². The van der Waals surface area contributed by atoms with Crippen LogP contribution in [0.2, 0.25) is 5.02 Å². The minimum absolute atomic E-state index is 0.121. The Morgan fingerprint density at radius 2 is 2.15 bits per heavy atom. The van der Waals surface area contributed by atoms with Crippen molar-refractivity contribution < 1.29 is 19.1 Å². The summed E-state index contributed by atoms with van der Waals surface area (Å²) in [7, 11) is 0. The van der Waals surface area contributed by atoms with Crippen molar-refractivity contribution in [2.24, 2.45) is 11.8 Å². The molecule has 1 aromatic carbocycles. The third-order valence-electron chi connectivity index (χ3n) is 5.48. The second-order valence-corrected chi connectivity index (χ2v) is 7.21. The number of esters is 1. The zero-order valence-corrected chi connectivity index (χ0v) is 15.2. The summed E-state index contributed by atoms with van der Waals surface area (Å²) in [6, 6.07) is 6.85. The highest BCUT2D eigenvalue weighted by atomic mass is 35.5. The van der Waals surface area contributed by atoms with E-state index in [1.54, 1.807) is 30.0 Å². The van der Waals surface area contributed by atoms with Gasteiger partial charge in [-0.3, -0.25) is 9.59 Å². The summed E-state index contributed by atoms with van der Waals surface area (Å²) >= 11 is 5.99. The van der Waals surface area contributed by atoms with Crippen LogP contribution in [0.4, 0.5) is 5.69 Å². The van der Waals surface area contributed by atoms with Crippen molar-refractivity contribution in [1.29, 1.82) is 0 Å². The number of anilines is 1. The van der Waals surface area contributed by atoms with E-state index in [9.17, 15) is 9.59 Å². The molecule has 4 rings (SSSR count). The normalized spacial score (nSPS) is 34.2. The van der Waals surface area contributed by atoms with Crippen LogP contribution in [0.15, 0.2) is 49.1 Å². The van der Waals surface area contributed by atoms with Crippen LogP contribution >= 0.6 is 11.6 Å². The first-order chi connectivity index (χ1) is 12.5. The van der Waals surface area contributed by atoms with Gasteiger partial charge in [0, 0.05) is 10.7 Å². The largest absolute Gasteiger partial charge is 0.466 e. The maximum Gasteiger partial charge on any atom is 0.312 e. The highest BCUT2D eigenvalue weighted by Crippen LogP contribution is 2.56. The fourth-order valence-electron chi connectivity index (χ4n) is 4.51. The summed E-state index contributed by atoms with van der Waals surface area (Å²) in [5, 5.41) is 0.598. The van der Waals surface area contributed by atoms with Crippen LogP contribution < -0.4 is 4.90 Å². The lowest BCUT2D eigenvalue weighted by Gasteiger charge is -2.32. The number of nitrogens with zero attached hydrogens (tertiary/aromatic N) is 1. The smallest absolute Gasteiger partial charge is 0.312 e. The third kappa shape index (κ3) is 2.27. The number of ether oxygens (including phenoxy) is 2. The summed E-state index contributed by atoms with van der Waals surface area (Å²) in [5.41, 5.74) is -0.0920. The molecule has 2 bridgehead atoms. The molecule has 26 heavy (non-hydrogen) atoms. The van der Waals surface area contributed by atoms with Crippen LogP contribution in [-0.2, 0) is 19.1 Å². The zero-order valence-electron chi connectivity index (χ0n) is 14.4. The van der Waals surface area contributed by atoms with Gasteiger partial charge in [0.2, 0.25) is 5.91 Å². The quantitative estimate of drug-likeness (QED) is 0.587. The van der Waals surface area contributed by atoms with E-state index in [0.717, 1.165) is 5.69 Å². The number of rotatable bonds is 5. The predicted octanol–water partition coefficient (Wildman–Crippen LogP) is 3.13. The van der Waals surface area contributed by atoms with Crippen molar-refractivity contribution in [3.8, 4) is 0 Å². The van der Waals surface area contributed by atoms with E-state index >= 15 is 0 Å². The first-order valence-electron chi connectivity index (χ1n) is 8.77. The minimum atomic E-state index is -0.826. The number of fused-ring (bicyclic) bond motifs is 1. The second kappa shape index (κ2) is 6.25. The zero-order chi connectivity index (χ0) is 18.5. The molecule has 6 heteroatoms. The first kappa shape index (κ1) is 17.3. The number of benzene rings is 1. The van der Waals surface area contributed by atoms with Gasteiger partial charge in [0.15, 0.2) is 0 Å². The predicted molar refractivity (Wildman–Crippen MR) is 97.9 cm³/mol. The van der Waals surface area contributed by atoms with Crippen molar-refractivity contribution in [1.82, 2.24) is 0 Å². The van der Waals surface area contributed by atoms with Gasteiger partial charge in [-0.2, -0.15) is 0 Å². The maximum absolute atomic E-state index is 13.4. The first-order valence-corrected chi connectivity index (χ1v) is 9.14. The molecule has 3 aliphatic rings. The van der Waals surface area contributed by atoms with E-state index in [-0.39, 0.29) is 24.5 Å². The van der Waals surface area contributed by atoms with Crippen LogP contribution in [-0.4, -0.2) is 36.2 Å². The SMILES string of the molecule is C=CC[C@H]1N(c2ccc(Cl)cc2)C(=O)[C@@H]2[C@@H](C(=O)OCC)[C@@H]3C=C[C@@]21O3. The van der Waals surface area contributed by atoms with Gasteiger partial charge >= 0.3 is 5.97 Å². The molecule has 0 aliphatic carbocycles. The summed E-state index contributed by atoms with van der Waals surface area (Å²) in [6.07, 6.45) is 5.74. The average molecular weight is 374 g/mol. The van der Waals surface area contributed by atoms with E-state index < -0.39 is 23.5 Å². The van der Waals surface area contributed by atoms with Gasteiger partial charge in [-0.05, 0) is 37.6 Å². The molecule has 0 unspecified atom stereocenters. The van der Waals surface area contributed by atoms with Gasteiger partial charge in [0.1, 0.15) is 11.5 Å². The molecule has 0 aromatic heterocycles. The molecule has 1 aromatic rings. The maximum atomic E-state index is 13.4. The van der Waals surface area contributed by atoms with Crippen molar-refractivity contribution in [2.45, 2.75) is 31.1 Å². The molecular formula is C20H20ClNO4. The van der Waals surface area contributed by atoms with E-state index in [0.29, 0.717) is 11.4 Å². The summed E-state index contributed by atoms with van der Waals surface area (Å²) in [6.45, 7) is 5.87. The van der Waals surface area contributed by atoms with Crippen LogP contribution in [0.25, 0.3) is 0 Å². The molecule has 3 heterocycles. The lowest BCUT2D eigenvalue weighted by Crippen LogP contribution is -2.45. The number of carbonyl (C=O) groups excluding carboxylic acids is 2. The Bertz CT molecular complexity index is 790. The number of hydrogen-bond donors (Lipinski definition) is 0. The molecule has 1 amide bonds. The fraction of sp³-hybridized carbons (Fsp3) is 0.400. The molecule has 0 N–H and O–H groups in total. The lowest BCUT2D eigenvalue weighted by molar-refractivity contribution is -0.151. The molecule has 5 atom stereocenters. The summed E-state index contributed by atoms with van der Waals surface area (Å²) < 4.78 is 11.4. The Morgan fingerprint density at radius 1 is 1.42 bits per heavy atom. The highest BCUT2D eigenvalue weighted by Gasteiger charge is 2.71. The number of amides is 1. The Hall–Kier alpha value is -2.11. The van der Waals surface area contributed by atoms with Gasteiger partial charge in [-0.15, -0.1) is 6.58 Å². The van der Waals surface area contributed by atoms with Crippen molar-refractivity contribution >= 4 is 29.2 Å². The van der Waals surface area contributed by atoms with Gasteiger partial charge in [0.25, 0.3) is 0 Å². The summed E-state index contributed by atoms with van der Waals surface area (Å²) in [5.74, 6) is -1.70. The van der Waals surface area contributed by atoms with Crippen LogP contribution in [0, 0.1) is 11.8 Å². The summed E-state index contributed by atoms with van der Waals surface area (Å²) in [4.78, 5) is 27.6. The van der Waals surface area contributed by atoms with Crippen LogP contribution in [0.5, 0.6) is 0 Å². The van der Waals surface area contributed by atoms with E-state index in [4.69, 9.17) is 21.1 Å². The Balaban J connectivity index is 1.78. The van der Waals surface area contributed by atoms with Crippen molar-refractivity contribution in [3.05, 3.63) is 54.1 Å². The standard InChI is InChI=1S/C20H20ClNO4/c1-3-5-15-20-11-10-14(26-20)16(19(24)25-4-2)17(20)18(23)22(15)13-8-6-12(21)7-9-13/h3,6-11,14-17H,1,4-5H2,2H3/t14-,15+,16-,17-,20-/m0/s1. The molecule has 1 spiro atoms. The van der Waals surface area contributed by atoms with Gasteiger partial charge in [0.05, 0.1) is 24.7 Å². The molecule has 136 valence electrons. The third-order valence-corrected chi connectivity index (χ3v) is 5.73. The van der Waals surface area contributed by atoms with Crippen molar-refractivity contribution in [3.63, 3.8) is 0 Å². The fourth-order valence-corrected chi connectivity index (χ4v) is 4.64. The molecule has 5 nitrogen and oxygen atoms in total. The Morgan fingerprint density at radius 3 is 2.81 bits per heavy atom. The lowest BCUT2D eigenvalue weighted by atomic mass is 9.74. The molecule has 2 fully saturated rings. The number of carbonyl (C=O) groups is 2. The highest BCUT2D eigenvalue weighted by molar-refractivity contribution is 6.30. The van der Waals surface area contributed by atoms with Crippen LogP contribution in [0.1, 0.15) is 13.3 Å². The van der Waals surface area contributed by atoms with Gasteiger partial charge < -0.3 is 14.4 Å². The monoisotopic (exact) mass is 373 g/mol. The Labute approximate surface area is 157 Å². The average Bonchev–Trinajstić information content (AvgIpc) is 3.26. The van der Waals surface area contributed by atoms with Gasteiger partial charge in [-0.25, -0.2) is 0 Å². The Kier molecular flexibility index (Phi) is 4.16. The molecular weight excluding hydrogens is 354 g/mol. The molecule has 0 saturated carbocycles.